The van der Waals surface area contributed by atoms with Gasteiger partial charge in [0, 0.05) is 12.2 Å². The number of hydrogen-bond donors (Lipinski definition) is 3. The van der Waals surface area contributed by atoms with Crippen LogP contribution in [0.15, 0.2) is 18.2 Å². The molecule has 0 heterocycles. The fraction of sp³-hybridized carbons (Fsp3) is 0.364. The smallest absolute Gasteiger partial charge is 0.257 e. The lowest BCUT2D eigenvalue weighted by Crippen LogP contribution is -2.32. The Morgan fingerprint density at radius 2 is 2.11 bits per heavy atom. The van der Waals surface area contributed by atoms with Crippen molar-refractivity contribution >= 4 is 21.6 Å². The zero-order valence-corrected chi connectivity index (χ0v) is 11.4. The average Bonchev–Trinajstić information content (AvgIpc) is 2.27. The van der Waals surface area contributed by atoms with Crippen molar-refractivity contribution in [2.75, 3.05) is 24.6 Å². The second kappa shape index (κ2) is 6.39. The third-order valence-corrected chi connectivity index (χ3v) is 3.03. The first-order chi connectivity index (χ1) is 8.85. The molecule has 1 amide bonds. The van der Waals surface area contributed by atoms with Crippen LogP contribution >= 0.6 is 0 Å². The number of hydrogen-bond acceptors (Lipinski definition) is 5. The van der Waals surface area contributed by atoms with Gasteiger partial charge in [-0.25, -0.2) is 13.6 Å². The molecule has 0 fully saturated rings. The van der Waals surface area contributed by atoms with Crippen LogP contribution < -0.4 is 20.9 Å². The van der Waals surface area contributed by atoms with Crippen molar-refractivity contribution in [1.82, 2.24) is 5.32 Å². The highest BCUT2D eigenvalue weighted by Gasteiger charge is 2.16. The predicted molar refractivity (Wildman–Crippen MR) is 72.3 cm³/mol. The molecule has 8 heteroatoms. The summed E-state index contributed by atoms with van der Waals surface area (Å²) in [6.45, 7) is 2.09. The van der Waals surface area contributed by atoms with Gasteiger partial charge in [0.1, 0.15) is 11.3 Å². The van der Waals surface area contributed by atoms with Crippen LogP contribution in [-0.2, 0) is 10.0 Å². The lowest BCUT2D eigenvalue weighted by Gasteiger charge is -2.12. The van der Waals surface area contributed by atoms with E-state index in [1.807, 2.05) is 0 Å². The van der Waals surface area contributed by atoms with Gasteiger partial charge in [-0.15, -0.1) is 0 Å². The van der Waals surface area contributed by atoms with E-state index in [2.05, 4.69) is 5.32 Å². The molecule has 0 unspecified atom stereocenters. The number of sulfonamides is 1. The standard InChI is InChI=1S/C11H17N3O4S/c1-2-18-9-5-3-4-8(12)10(9)11(15)14-6-7-19(13,16)17/h3-5H,2,6-7,12H2,1H3,(H,14,15)(H2,13,16,17). The number of carbonyl (C=O) groups is 1. The first-order valence-corrected chi connectivity index (χ1v) is 7.36. The first-order valence-electron chi connectivity index (χ1n) is 5.65. The molecule has 0 aliphatic rings. The van der Waals surface area contributed by atoms with Crippen LogP contribution in [0.25, 0.3) is 0 Å². The third-order valence-electron chi connectivity index (χ3n) is 2.26. The van der Waals surface area contributed by atoms with E-state index in [4.69, 9.17) is 15.6 Å². The minimum Gasteiger partial charge on any atom is -0.493 e. The zero-order chi connectivity index (χ0) is 14.5. The molecule has 7 nitrogen and oxygen atoms in total. The molecule has 0 aromatic heterocycles. The molecule has 0 aliphatic carbocycles. The molecule has 1 rings (SSSR count). The number of primary sulfonamides is 1. The number of nitrogens with one attached hydrogen (secondary N) is 1. The fourth-order valence-electron chi connectivity index (χ4n) is 1.46. The summed E-state index contributed by atoms with van der Waals surface area (Å²) in [6, 6.07) is 4.85. The molecule has 1 aromatic carbocycles. The maximum atomic E-state index is 11.9. The van der Waals surface area contributed by atoms with E-state index < -0.39 is 15.9 Å². The topological polar surface area (TPSA) is 125 Å². The lowest BCUT2D eigenvalue weighted by molar-refractivity contribution is 0.0953. The highest BCUT2D eigenvalue weighted by atomic mass is 32.2. The van der Waals surface area contributed by atoms with Gasteiger partial charge in [0.2, 0.25) is 10.0 Å². The Balaban J connectivity index is 2.81. The molecule has 0 radical (unpaired) electrons. The molecule has 5 N–H and O–H groups in total. The van der Waals surface area contributed by atoms with Gasteiger partial charge in [-0.05, 0) is 19.1 Å². The first kappa shape index (κ1) is 15.3. The maximum absolute atomic E-state index is 11.9. The number of anilines is 1. The van der Waals surface area contributed by atoms with E-state index in [9.17, 15) is 13.2 Å². The van der Waals surface area contributed by atoms with Crippen LogP contribution in [0.5, 0.6) is 5.75 Å². The van der Waals surface area contributed by atoms with Crippen molar-refractivity contribution in [2.45, 2.75) is 6.92 Å². The Morgan fingerprint density at radius 3 is 2.68 bits per heavy atom. The van der Waals surface area contributed by atoms with Gasteiger partial charge in [0.15, 0.2) is 0 Å². The summed E-state index contributed by atoms with van der Waals surface area (Å²) in [5.74, 6) is -0.476. The quantitative estimate of drug-likeness (QED) is 0.619. The van der Waals surface area contributed by atoms with Gasteiger partial charge in [-0.3, -0.25) is 4.79 Å². The third kappa shape index (κ3) is 4.76. The van der Waals surface area contributed by atoms with E-state index in [0.717, 1.165) is 0 Å². The molecule has 0 spiro atoms. The van der Waals surface area contributed by atoms with E-state index >= 15 is 0 Å². The van der Waals surface area contributed by atoms with Crippen molar-refractivity contribution in [3.8, 4) is 5.75 Å². The molecule has 0 saturated heterocycles. The minimum absolute atomic E-state index is 0.0857. The second-order valence-corrected chi connectivity index (χ2v) is 5.51. The predicted octanol–water partition coefficient (Wildman–Crippen LogP) is -0.314. The molecule has 0 saturated carbocycles. The van der Waals surface area contributed by atoms with Crippen molar-refractivity contribution in [3.63, 3.8) is 0 Å². The van der Waals surface area contributed by atoms with Crippen LogP contribution in [0.2, 0.25) is 0 Å². The number of ether oxygens (including phenoxy) is 1. The van der Waals surface area contributed by atoms with Crippen molar-refractivity contribution in [2.24, 2.45) is 5.14 Å². The Kier molecular flexibility index (Phi) is 5.13. The van der Waals surface area contributed by atoms with E-state index in [1.165, 1.54) is 0 Å². The Hall–Kier alpha value is -1.80. The van der Waals surface area contributed by atoms with Gasteiger partial charge in [0.25, 0.3) is 5.91 Å². The largest absolute Gasteiger partial charge is 0.493 e. The number of nitrogens with two attached hydrogens (primary N) is 2. The fourth-order valence-corrected chi connectivity index (χ4v) is 1.85. The summed E-state index contributed by atoms with van der Waals surface area (Å²) in [5.41, 5.74) is 6.18. The van der Waals surface area contributed by atoms with E-state index in [0.29, 0.717) is 12.4 Å². The molecular formula is C11H17N3O4S. The number of carbonyl (C=O) groups excluding carboxylic acids is 1. The number of rotatable bonds is 6. The van der Waals surface area contributed by atoms with Gasteiger partial charge < -0.3 is 15.8 Å². The number of amides is 1. The van der Waals surface area contributed by atoms with Crippen LogP contribution in [0.3, 0.4) is 0 Å². The summed E-state index contributed by atoms with van der Waals surface area (Å²) in [6.07, 6.45) is 0. The van der Waals surface area contributed by atoms with Crippen molar-refractivity contribution in [1.29, 1.82) is 0 Å². The van der Waals surface area contributed by atoms with Gasteiger partial charge >= 0.3 is 0 Å². The molecule has 0 bridgehead atoms. The summed E-state index contributed by atoms with van der Waals surface area (Å²) in [7, 11) is -3.61. The van der Waals surface area contributed by atoms with Gasteiger partial charge in [-0.2, -0.15) is 0 Å². The van der Waals surface area contributed by atoms with Crippen LogP contribution in [0.4, 0.5) is 5.69 Å². The second-order valence-electron chi connectivity index (χ2n) is 3.78. The molecule has 0 atom stereocenters. The molecular weight excluding hydrogens is 270 g/mol. The monoisotopic (exact) mass is 287 g/mol. The molecule has 19 heavy (non-hydrogen) atoms. The van der Waals surface area contributed by atoms with E-state index in [-0.39, 0.29) is 23.5 Å². The van der Waals surface area contributed by atoms with Crippen LogP contribution in [0, 0.1) is 0 Å². The van der Waals surface area contributed by atoms with E-state index in [1.54, 1.807) is 25.1 Å². The van der Waals surface area contributed by atoms with Crippen LogP contribution in [0.1, 0.15) is 17.3 Å². The number of nitrogen functional groups attached to an aromatic ring is 1. The van der Waals surface area contributed by atoms with Crippen LogP contribution in [-0.4, -0.2) is 33.2 Å². The van der Waals surface area contributed by atoms with Crippen molar-refractivity contribution < 1.29 is 17.9 Å². The summed E-state index contributed by atoms with van der Waals surface area (Å²) in [4.78, 5) is 11.9. The lowest BCUT2D eigenvalue weighted by atomic mass is 10.1. The molecule has 1 aromatic rings. The summed E-state index contributed by atoms with van der Waals surface area (Å²) < 4.78 is 26.8. The van der Waals surface area contributed by atoms with Crippen molar-refractivity contribution in [3.05, 3.63) is 23.8 Å². The zero-order valence-electron chi connectivity index (χ0n) is 10.5. The highest BCUT2D eigenvalue weighted by molar-refractivity contribution is 7.89. The average molecular weight is 287 g/mol. The normalized spacial score (nSPS) is 11.1. The summed E-state index contributed by atoms with van der Waals surface area (Å²) in [5, 5.41) is 7.28. The van der Waals surface area contributed by atoms with Gasteiger partial charge in [0.05, 0.1) is 12.4 Å². The summed E-state index contributed by atoms with van der Waals surface area (Å²) >= 11 is 0. The Bertz CT molecular complexity index is 557. The Morgan fingerprint density at radius 1 is 1.42 bits per heavy atom. The SMILES string of the molecule is CCOc1cccc(N)c1C(=O)NCCS(N)(=O)=O. The molecule has 106 valence electrons. The van der Waals surface area contributed by atoms with Gasteiger partial charge in [-0.1, -0.05) is 6.07 Å². The molecule has 0 aliphatic heterocycles. The maximum Gasteiger partial charge on any atom is 0.257 e. The Labute approximate surface area is 112 Å². The number of benzene rings is 1. The highest BCUT2D eigenvalue weighted by Crippen LogP contribution is 2.24. The minimum atomic E-state index is -3.61.